The SMILES string of the molecule is CN=C(NCc1nnc(C)n1C)NC1CC(OC)C1(C)C. The second-order valence-corrected chi connectivity index (χ2v) is 6.13. The van der Waals surface area contributed by atoms with E-state index in [9.17, 15) is 0 Å². The number of methoxy groups -OCH3 is 1. The fourth-order valence-corrected chi connectivity index (χ4v) is 2.66. The Morgan fingerprint density at radius 1 is 1.48 bits per heavy atom. The molecule has 1 saturated carbocycles. The van der Waals surface area contributed by atoms with Gasteiger partial charge in [0.05, 0.1) is 12.6 Å². The number of ether oxygens (including phenoxy) is 1. The van der Waals surface area contributed by atoms with E-state index in [1.54, 1.807) is 14.2 Å². The lowest BCUT2D eigenvalue weighted by Crippen LogP contribution is -2.63. The lowest BCUT2D eigenvalue weighted by Gasteiger charge is -2.51. The minimum atomic E-state index is 0.105. The molecule has 2 rings (SSSR count). The Morgan fingerprint density at radius 3 is 2.67 bits per heavy atom. The van der Waals surface area contributed by atoms with Crippen LogP contribution in [0.2, 0.25) is 0 Å². The molecule has 1 aliphatic rings. The van der Waals surface area contributed by atoms with Gasteiger partial charge in [0.1, 0.15) is 5.82 Å². The molecule has 1 aromatic rings. The number of guanidine groups is 1. The number of nitrogens with zero attached hydrogens (tertiary/aromatic N) is 4. The highest BCUT2D eigenvalue weighted by atomic mass is 16.5. The standard InChI is InChI=1S/C14H26N6O/c1-9-18-19-12(20(9)5)8-16-13(15-4)17-10-7-11(21-6)14(10,2)3/h10-11H,7-8H2,1-6H3,(H2,15,16,17). The molecule has 1 fully saturated rings. The summed E-state index contributed by atoms with van der Waals surface area (Å²) in [4.78, 5) is 4.27. The monoisotopic (exact) mass is 294 g/mol. The molecule has 1 aliphatic carbocycles. The maximum Gasteiger partial charge on any atom is 0.191 e. The minimum absolute atomic E-state index is 0.105. The van der Waals surface area contributed by atoms with Gasteiger partial charge in [0.2, 0.25) is 0 Å². The number of aliphatic imine (C=N–C) groups is 1. The topological polar surface area (TPSA) is 76.4 Å². The highest BCUT2D eigenvalue weighted by molar-refractivity contribution is 5.80. The highest BCUT2D eigenvalue weighted by Crippen LogP contribution is 2.42. The van der Waals surface area contributed by atoms with Crippen molar-refractivity contribution < 1.29 is 4.74 Å². The summed E-state index contributed by atoms with van der Waals surface area (Å²) in [6.45, 7) is 6.95. The van der Waals surface area contributed by atoms with Crippen molar-refractivity contribution in [3.63, 3.8) is 0 Å². The molecule has 0 bridgehead atoms. The molecular weight excluding hydrogens is 268 g/mol. The van der Waals surface area contributed by atoms with Crippen molar-refractivity contribution in [2.45, 2.75) is 45.9 Å². The summed E-state index contributed by atoms with van der Waals surface area (Å²) in [5.74, 6) is 2.57. The molecule has 7 nitrogen and oxygen atoms in total. The van der Waals surface area contributed by atoms with Crippen LogP contribution in [0.5, 0.6) is 0 Å². The van der Waals surface area contributed by atoms with Gasteiger partial charge < -0.3 is 19.9 Å². The smallest absolute Gasteiger partial charge is 0.191 e. The second kappa shape index (κ2) is 6.01. The number of rotatable bonds is 4. The number of hydrogen-bond acceptors (Lipinski definition) is 4. The van der Waals surface area contributed by atoms with Crippen molar-refractivity contribution in [2.75, 3.05) is 14.2 Å². The normalized spacial score (nSPS) is 24.6. The van der Waals surface area contributed by atoms with Gasteiger partial charge in [-0.2, -0.15) is 0 Å². The van der Waals surface area contributed by atoms with E-state index in [0.717, 1.165) is 24.0 Å². The van der Waals surface area contributed by atoms with Crippen molar-refractivity contribution in [2.24, 2.45) is 17.5 Å². The quantitative estimate of drug-likeness (QED) is 0.628. The van der Waals surface area contributed by atoms with Crippen molar-refractivity contribution in [3.8, 4) is 0 Å². The van der Waals surface area contributed by atoms with Crippen molar-refractivity contribution in [3.05, 3.63) is 11.6 Å². The van der Waals surface area contributed by atoms with Gasteiger partial charge in [-0.25, -0.2) is 0 Å². The van der Waals surface area contributed by atoms with E-state index in [4.69, 9.17) is 4.74 Å². The van der Waals surface area contributed by atoms with Crippen molar-refractivity contribution in [1.29, 1.82) is 0 Å². The summed E-state index contributed by atoms with van der Waals surface area (Å²) in [6.07, 6.45) is 1.29. The fraction of sp³-hybridized carbons (Fsp3) is 0.786. The molecule has 2 atom stereocenters. The van der Waals surface area contributed by atoms with E-state index >= 15 is 0 Å². The number of aryl methyl sites for hydroxylation is 1. The van der Waals surface area contributed by atoms with Crippen molar-refractivity contribution in [1.82, 2.24) is 25.4 Å². The van der Waals surface area contributed by atoms with Gasteiger partial charge in [-0.3, -0.25) is 4.99 Å². The zero-order chi connectivity index (χ0) is 15.6. The molecule has 0 aromatic carbocycles. The van der Waals surface area contributed by atoms with E-state index in [2.05, 4.69) is 39.7 Å². The Bertz CT molecular complexity index is 522. The van der Waals surface area contributed by atoms with Gasteiger partial charge in [-0.15, -0.1) is 10.2 Å². The van der Waals surface area contributed by atoms with Crippen LogP contribution in [0.1, 0.15) is 31.9 Å². The molecule has 0 amide bonds. The number of nitrogens with one attached hydrogen (secondary N) is 2. The summed E-state index contributed by atoms with van der Waals surface area (Å²) in [7, 11) is 5.50. The average Bonchev–Trinajstić information content (AvgIpc) is 2.77. The number of aromatic nitrogens is 3. The average molecular weight is 294 g/mol. The third kappa shape index (κ3) is 3.02. The lowest BCUT2D eigenvalue weighted by molar-refractivity contribution is -0.0922. The maximum atomic E-state index is 5.47. The zero-order valence-corrected chi connectivity index (χ0v) is 13.8. The molecule has 7 heteroatoms. The van der Waals surface area contributed by atoms with Gasteiger partial charge in [0.15, 0.2) is 11.8 Å². The first-order valence-corrected chi connectivity index (χ1v) is 7.25. The summed E-state index contributed by atoms with van der Waals surface area (Å²) in [6, 6.07) is 0.356. The largest absolute Gasteiger partial charge is 0.381 e. The van der Waals surface area contributed by atoms with Crippen LogP contribution < -0.4 is 10.6 Å². The van der Waals surface area contributed by atoms with Gasteiger partial charge in [-0.05, 0) is 13.3 Å². The predicted molar refractivity (Wildman–Crippen MR) is 82.1 cm³/mol. The van der Waals surface area contributed by atoms with Crippen LogP contribution in [0, 0.1) is 12.3 Å². The second-order valence-electron chi connectivity index (χ2n) is 6.13. The Balaban J connectivity index is 1.89. The summed E-state index contributed by atoms with van der Waals surface area (Å²) in [5, 5.41) is 14.9. The molecular formula is C14H26N6O. The van der Waals surface area contributed by atoms with Crippen LogP contribution in [0.25, 0.3) is 0 Å². The zero-order valence-electron chi connectivity index (χ0n) is 13.8. The van der Waals surface area contributed by atoms with Crippen molar-refractivity contribution >= 4 is 5.96 Å². The molecule has 0 saturated heterocycles. The van der Waals surface area contributed by atoms with E-state index in [-0.39, 0.29) is 5.41 Å². The highest BCUT2D eigenvalue weighted by Gasteiger charge is 2.48. The molecule has 2 unspecified atom stereocenters. The molecule has 1 heterocycles. The van der Waals surface area contributed by atoms with Crippen LogP contribution in [0.3, 0.4) is 0 Å². The van der Waals surface area contributed by atoms with E-state index in [0.29, 0.717) is 18.7 Å². The van der Waals surface area contributed by atoms with Gasteiger partial charge in [-0.1, -0.05) is 13.8 Å². The lowest BCUT2D eigenvalue weighted by atomic mass is 9.64. The summed E-state index contributed by atoms with van der Waals surface area (Å²) < 4.78 is 7.44. The van der Waals surface area contributed by atoms with Crippen LogP contribution in [-0.2, 0) is 18.3 Å². The van der Waals surface area contributed by atoms with Gasteiger partial charge in [0.25, 0.3) is 0 Å². The first-order valence-electron chi connectivity index (χ1n) is 7.25. The van der Waals surface area contributed by atoms with Crippen LogP contribution in [0.4, 0.5) is 0 Å². The minimum Gasteiger partial charge on any atom is -0.381 e. The Hall–Kier alpha value is -1.63. The molecule has 0 radical (unpaired) electrons. The van der Waals surface area contributed by atoms with Crippen LogP contribution >= 0.6 is 0 Å². The van der Waals surface area contributed by atoms with E-state index < -0.39 is 0 Å². The Morgan fingerprint density at radius 2 is 2.19 bits per heavy atom. The van der Waals surface area contributed by atoms with Crippen LogP contribution in [-0.4, -0.2) is 47.0 Å². The third-order valence-corrected chi connectivity index (χ3v) is 4.59. The van der Waals surface area contributed by atoms with E-state index in [1.807, 2.05) is 18.5 Å². The van der Waals surface area contributed by atoms with Crippen LogP contribution in [0.15, 0.2) is 4.99 Å². The van der Waals surface area contributed by atoms with E-state index in [1.165, 1.54) is 0 Å². The third-order valence-electron chi connectivity index (χ3n) is 4.59. The summed E-state index contributed by atoms with van der Waals surface area (Å²) in [5.41, 5.74) is 0.105. The Labute approximate surface area is 126 Å². The first kappa shape index (κ1) is 15.8. The maximum absolute atomic E-state index is 5.47. The predicted octanol–water partition coefficient (Wildman–Crippen LogP) is 0.602. The van der Waals surface area contributed by atoms with Gasteiger partial charge in [0, 0.05) is 32.7 Å². The molecule has 118 valence electrons. The number of hydrogen-bond donors (Lipinski definition) is 2. The fourth-order valence-electron chi connectivity index (χ4n) is 2.66. The molecule has 21 heavy (non-hydrogen) atoms. The molecule has 0 spiro atoms. The molecule has 1 aromatic heterocycles. The Kier molecular flexibility index (Phi) is 4.51. The summed E-state index contributed by atoms with van der Waals surface area (Å²) >= 11 is 0. The van der Waals surface area contributed by atoms with Gasteiger partial charge >= 0.3 is 0 Å². The molecule has 0 aliphatic heterocycles. The molecule has 2 N–H and O–H groups in total. The first-order chi connectivity index (χ1) is 9.90.